The van der Waals surface area contributed by atoms with Crippen LogP contribution in [-0.4, -0.2) is 45.5 Å². The molecule has 1 spiro atoms. The van der Waals surface area contributed by atoms with Gasteiger partial charge < -0.3 is 15.4 Å². The van der Waals surface area contributed by atoms with Gasteiger partial charge in [0.25, 0.3) is 5.56 Å². The summed E-state index contributed by atoms with van der Waals surface area (Å²) in [5.74, 6) is 0.687. The lowest BCUT2D eigenvalue weighted by molar-refractivity contribution is 0.0974. The van der Waals surface area contributed by atoms with Crippen molar-refractivity contribution in [2.24, 2.45) is 12.5 Å². The molecule has 5 rings (SSSR count). The van der Waals surface area contributed by atoms with E-state index in [9.17, 15) is 4.79 Å². The third-order valence-electron chi connectivity index (χ3n) is 6.44. The molecule has 2 saturated heterocycles. The molecular weight excluding hydrogens is 368 g/mol. The lowest BCUT2D eigenvalue weighted by atomic mass is 9.77. The van der Waals surface area contributed by atoms with E-state index in [2.05, 4.69) is 22.0 Å². The quantitative estimate of drug-likeness (QED) is 0.647. The summed E-state index contributed by atoms with van der Waals surface area (Å²) in [6.07, 6.45) is 3.58. The number of nitrogen functional groups attached to an aromatic ring is 1. The second-order valence-electron chi connectivity index (χ2n) is 8.51. The van der Waals surface area contributed by atoms with Gasteiger partial charge in [-0.15, -0.1) is 0 Å². The summed E-state index contributed by atoms with van der Waals surface area (Å²) in [5, 5.41) is 7.81. The fourth-order valence-corrected chi connectivity index (χ4v) is 4.80. The van der Waals surface area contributed by atoms with Crippen LogP contribution < -0.4 is 16.2 Å². The molecule has 152 valence electrons. The van der Waals surface area contributed by atoms with Crippen LogP contribution in [0.25, 0.3) is 22.3 Å². The summed E-state index contributed by atoms with van der Waals surface area (Å²) in [7, 11) is 1.78. The first-order valence-corrected chi connectivity index (χ1v) is 10.1. The number of nitrogens with two attached hydrogens (primary N) is 1. The van der Waals surface area contributed by atoms with Crippen LogP contribution in [0.1, 0.15) is 26.2 Å². The average molecular weight is 394 g/mol. The Balaban J connectivity index is 1.49. The molecule has 29 heavy (non-hydrogen) atoms. The van der Waals surface area contributed by atoms with Gasteiger partial charge in [0.1, 0.15) is 11.1 Å². The molecule has 2 fully saturated rings. The van der Waals surface area contributed by atoms with E-state index in [1.165, 1.54) is 0 Å². The van der Waals surface area contributed by atoms with Gasteiger partial charge in [-0.1, -0.05) is 12.1 Å². The van der Waals surface area contributed by atoms with E-state index in [4.69, 9.17) is 15.5 Å². The van der Waals surface area contributed by atoms with Gasteiger partial charge in [-0.05, 0) is 43.7 Å². The van der Waals surface area contributed by atoms with E-state index >= 15 is 0 Å². The van der Waals surface area contributed by atoms with Crippen LogP contribution >= 0.6 is 0 Å². The second-order valence-corrected chi connectivity index (χ2v) is 8.51. The number of hydrogen-bond acceptors (Lipinski definition) is 6. The zero-order valence-electron chi connectivity index (χ0n) is 16.8. The molecule has 0 radical (unpaired) electrons. The summed E-state index contributed by atoms with van der Waals surface area (Å²) in [6.45, 7) is 4.74. The Morgan fingerprint density at radius 3 is 2.79 bits per heavy atom. The van der Waals surface area contributed by atoms with E-state index < -0.39 is 0 Å². The molecule has 1 aromatic carbocycles. The Morgan fingerprint density at radius 2 is 2.10 bits per heavy atom. The number of fused-ring (bicyclic) bond motifs is 1. The maximum Gasteiger partial charge on any atom is 0.266 e. The highest BCUT2D eigenvalue weighted by Crippen LogP contribution is 2.42. The first-order chi connectivity index (χ1) is 14.0. The van der Waals surface area contributed by atoms with Crippen LogP contribution in [0.4, 0.5) is 11.6 Å². The van der Waals surface area contributed by atoms with E-state index in [1.807, 2.05) is 24.3 Å². The Hall–Kier alpha value is -2.87. The number of anilines is 2. The lowest BCUT2D eigenvalue weighted by Gasteiger charge is -2.39. The van der Waals surface area contributed by atoms with Crippen LogP contribution in [0.3, 0.4) is 0 Å². The van der Waals surface area contributed by atoms with Crippen LogP contribution in [0.2, 0.25) is 0 Å². The number of H-pyrrole nitrogens is 1. The van der Waals surface area contributed by atoms with Crippen LogP contribution in [0.15, 0.2) is 29.1 Å². The van der Waals surface area contributed by atoms with Gasteiger partial charge in [-0.2, -0.15) is 10.1 Å². The number of aromatic amines is 1. The third-order valence-corrected chi connectivity index (χ3v) is 6.44. The second kappa shape index (κ2) is 6.59. The van der Waals surface area contributed by atoms with Crippen molar-refractivity contribution >= 4 is 22.7 Å². The maximum atomic E-state index is 13.2. The molecule has 2 aliphatic rings. The fourth-order valence-electron chi connectivity index (χ4n) is 4.80. The molecule has 0 bridgehead atoms. The summed E-state index contributed by atoms with van der Waals surface area (Å²) in [4.78, 5) is 20.2. The predicted molar refractivity (Wildman–Crippen MR) is 113 cm³/mol. The van der Waals surface area contributed by atoms with E-state index in [1.54, 1.807) is 11.6 Å². The largest absolute Gasteiger partial charge is 0.399 e. The van der Waals surface area contributed by atoms with Crippen LogP contribution in [-0.2, 0) is 11.8 Å². The minimum Gasteiger partial charge on any atom is -0.399 e. The molecule has 2 aromatic heterocycles. The molecule has 3 aromatic rings. The predicted octanol–water partition coefficient (Wildman–Crippen LogP) is 2.30. The number of aromatic nitrogens is 4. The van der Waals surface area contributed by atoms with Gasteiger partial charge in [0.05, 0.1) is 12.7 Å². The first kappa shape index (κ1) is 18.2. The standard InChI is InChI=1S/C21H26N6O2/c1-13-11-21(12-29-13)6-8-27(9-7-21)20-23-18-16(19(28)26(20)2)17(24-25-18)14-4-3-5-15(22)10-14/h3-5,10,13H,6-9,11-12,22H2,1-2H3,(H,24,25)/t13-/m0/s1. The number of piperidine rings is 1. The number of nitrogens with one attached hydrogen (secondary N) is 1. The van der Waals surface area contributed by atoms with Crippen molar-refractivity contribution in [2.45, 2.75) is 32.3 Å². The van der Waals surface area contributed by atoms with Crippen molar-refractivity contribution in [3.63, 3.8) is 0 Å². The number of rotatable bonds is 2. The molecule has 2 aliphatic heterocycles. The van der Waals surface area contributed by atoms with E-state index in [0.29, 0.717) is 34.5 Å². The van der Waals surface area contributed by atoms with Crippen LogP contribution in [0.5, 0.6) is 0 Å². The summed E-state index contributed by atoms with van der Waals surface area (Å²) < 4.78 is 7.47. The number of hydrogen-bond donors (Lipinski definition) is 2. The maximum absolute atomic E-state index is 13.2. The SMILES string of the molecule is C[C@H]1CC2(CCN(c3nc4[nH]nc(-c5cccc(N)c5)c4c(=O)n3C)CC2)CO1. The Labute approximate surface area is 168 Å². The van der Waals surface area contributed by atoms with Crippen molar-refractivity contribution in [3.8, 4) is 11.3 Å². The highest BCUT2D eigenvalue weighted by atomic mass is 16.5. The molecule has 1 atom stereocenters. The molecule has 4 heterocycles. The first-order valence-electron chi connectivity index (χ1n) is 10.1. The van der Waals surface area contributed by atoms with Crippen molar-refractivity contribution in [1.29, 1.82) is 0 Å². The summed E-state index contributed by atoms with van der Waals surface area (Å²) in [5.41, 5.74) is 8.62. The number of ether oxygens (including phenoxy) is 1. The molecule has 8 nitrogen and oxygen atoms in total. The molecule has 0 unspecified atom stereocenters. The van der Waals surface area contributed by atoms with E-state index in [0.717, 1.165) is 44.5 Å². The van der Waals surface area contributed by atoms with Gasteiger partial charge in [-0.25, -0.2) is 0 Å². The van der Waals surface area contributed by atoms with Gasteiger partial charge in [0.15, 0.2) is 5.65 Å². The third kappa shape index (κ3) is 2.98. The van der Waals surface area contributed by atoms with Crippen molar-refractivity contribution < 1.29 is 4.74 Å². The van der Waals surface area contributed by atoms with Crippen molar-refractivity contribution in [3.05, 3.63) is 34.6 Å². The Kier molecular flexibility index (Phi) is 4.13. The topological polar surface area (TPSA) is 102 Å². The van der Waals surface area contributed by atoms with Gasteiger partial charge >= 0.3 is 0 Å². The number of benzene rings is 1. The minimum atomic E-state index is -0.103. The highest BCUT2D eigenvalue weighted by molar-refractivity contribution is 5.91. The monoisotopic (exact) mass is 394 g/mol. The minimum absolute atomic E-state index is 0.103. The molecule has 8 heteroatoms. The fraction of sp³-hybridized carbons (Fsp3) is 0.476. The molecule has 3 N–H and O–H groups in total. The Bertz CT molecular complexity index is 1130. The zero-order valence-corrected chi connectivity index (χ0v) is 16.8. The molecule has 0 saturated carbocycles. The Morgan fingerprint density at radius 1 is 1.31 bits per heavy atom. The highest BCUT2D eigenvalue weighted by Gasteiger charge is 2.41. The normalized spacial score (nSPS) is 21.3. The molecule has 0 aliphatic carbocycles. The summed E-state index contributed by atoms with van der Waals surface area (Å²) in [6, 6.07) is 7.38. The lowest BCUT2D eigenvalue weighted by Crippen LogP contribution is -2.43. The molecule has 0 amide bonds. The average Bonchev–Trinajstić information content (AvgIpc) is 3.29. The summed E-state index contributed by atoms with van der Waals surface area (Å²) >= 11 is 0. The van der Waals surface area contributed by atoms with Crippen molar-refractivity contribution in [2.75, 3.05) is 30.3 Å². The van der Waals surface area contributed by atoms with Crippen LogP contribution in [0, 0.1) is 5.41 Å². The van der Waals surface area contributed by atoms with Gasteiger partial charge in [0, 0.05) is 31.4 Å². The van der Waals surface area contributed by atoms with E-state index in [-0.39, 0.29) is 11.0 Å². The van der Waals surface area contributed by atoms with Gasteiger partial charge in [-0.3, -0.25) is 14.5 Å². The smallest absolute Gasteiger partial charge is 0.266 e. The van der Waals surface area contributed by atoms with Crippen molar-refractivity contribution in [1.82, 2.24) is 19.7 Å². The number of nitrogens with zero attached hydrogens (tertiary/aromatic N) is 4. The van der Waals surface area contributed by atoms with Gasteiger partial charge in [0.2, 0.25) is 5.95 Å². The zero-order chi connectivity index (χ0) is 20.2. The molecular formula is C21H26N6O2.